The van der Waals surface area contributed by atoms with E-state index in [1.165, 1.54) is 42.6 Å². The minimum Gasteiger partial charge on any atom is -0.380 e. The van der Waals surface area contributed by atoms with Crippen LogP contribution >= 0.6 is 0 Å². The van der Waals surface area contributed by atoms with E-state index in [1.54, 1.807) is 0 Å². The molecule has 2 N–H and O–H groups in total. The first-order valence-electron chi connectivity index (χ1n) is 10.6. The van der Waals surface area contributed by atoms with E-state index in [-0.39, 0.29) is 0 Å². The zero-order valence-electron chi connectivity index (χ0n) is 16.7. The van der Waals surface area contributed by atoms with Gasteiger partial charge in [0, 0.05) is 24.2 Å². The molecule has 3 aliphatic heterocycles. The molecule has 7 rings (SSSR count). The number of piperidine rings is 3. The molecule has 1 atom stereocenters. The van der Waals surface area contributed by atoms with Gasteiger partial charge in [-0.05, 0) is 62.5 Å². The summed E-state index contributed by atoms with van der Waals surface area (Å²) < 4.78 is 0. The van der Waals surface area contributed by atoms with Crippen LogP contribution in [0.4, 0.5) is 5.69 Å². The Morgan fingerprint density at radius 2 is 1.86 bits per heavy atom. The van der Waals surface area contributed by atoms with Gasteiger partial charge in [-0.1, -0.05) is 24.3 Å². The third kappa shape index (κ3) is 2.80. The van der Waals surface area contributed by atoms with Crippen molar-refractivity contribution in [2.75, 3.05) is 25.0 Å². The molecule has 3 aliphatic rings. The maximum atomic E-state index is 4.88. The van der Waals surface area contributed by atoms with Gasteiger partial charge in [-0.3, -0.25) is 4.98 Å². The van der Waals surface area contributed by atoms with E-state index < -0.39 is 0 Å². The van der Waals surface area contributed by atoms with Crippen molar-refractivity contribution in [2.24, 2.45) is 5.92 Å². The summed E-state index contributed by atoms with van der Waals surface area (Å²) in [5, 5.41) is 5.18. The number of aryl methyl sites for hydroxylation is 1. The number of pyridine rings is 1. The van der Waals surface area contributed by atoms with E-state index >= 15 is 0 Å². The van der Waals surface area contributed by atoms with Crippen LogP contribution in [0.5, 0.6) is 0 Å². The van der Waals surface area contributed by atoms with Crippen molar-refractivity contribution < 1.29 is 0 Å². The highest BCUT2D eigenvalue weighted by Crippen LogP contribution is 2.38. The van der Waals surface area contributed by atoms with Crippen LogP contribution in [0, 0.1) is 12.8 Å². The van der Waals surface area contributed by atoms with Crippen molar-refractivity contribution >= 4 is 27.6 Å². The topological polar surface area (TPSA) is 56.8 Å². The summed E-state index contributed by atoms with van der Waals surface area (Å²) in [7, 11) is 0. The number of aromatic nitrogens is 3. The van der Waals surface area contributed by atoms with Gasteiger partial charge in [-0.25, -0.2) is 4.98 Å². The second kappa shape index (κ2) is 6.56. The molecule has 0 aliphatic carbocycles. The number of nitrogens with one attached hydrogen (secondary N) is 2. The number of fused-ring (bicyclic) bond motifs is 5. The van der Waals surface area contributed by atoms with Crippen LogP contribution in [-0.4, -0.2) is 45.5 Å². The highest BCUT2D eigenvalue weighted by molar-refractivity contribution is 6.01. The Morgan fingerprint density at radius 3 is 2.66 bits per heavy atom. The molecule has 0 radical (unpaired) electrons. The zero-order chi connectivity index (χ0) is 19.4. The molecule has 3 saturated heterocycles. The third-order valence-electron chi connectivity index (χ3n) is 6.73. The largest absolute Gasteiger partial charge is 0.380 e. The van der Waals surface area contributed by atoms with Gasteiger partial charge >= 0.3 is 0 Å². The van der Waals surface area contributed by atoms with Crippen molar-refractivity contribution in [3.05, 3.63) is 54.2 Å². The first kappa shape index (κ1) is 17.0. The molecule has 0 saturated carbocycles. The number of nitrogens with zero attached hydrogens (tertiary/aromatic N) is 3. The van der Waals surface area contributed by atoms with Crippen LogP contribution in [0.25, 0.3) is 33.3 Å². The molecule has 2 bridgehead atoms. The van der Waals surface area contributed by atoms with E-state index in [0.29, 0.717) is 6.04 Å². The Bertz CT molecular complexity index is 1170. The van der Waals surface area contributed by atoms with Gasteiger partial charge in [0.15, 0.2) is 0 Å². The Hall–Kier alpha value is -2.92. The Morgan fingerprint density at radius 1 is 1.03 bits per heavy atom. The minimum absolute atomic E-state index is 0.478. The summed E-state index contributed by atoms with van der Waals surface area (Å²) in [6.45, 7) is 5.79. The van der Waals surface area contributed by atoms with Crippen molar-refractivity contribution in [3.63, 3.8) is 0 Å². The average molecular weight is 383 g/mol. The number of hydrogen-bond acceptors (Lipinski definition) is 4. The zero-order valence-corrected chi connectivity index (χ0v) is 16.7. The van der Waals surface area contributed by atoms with Crippen LogP contribution < -0.4 is 5.32 Å². The standard InChI is InChI=1S/C24H25N5/c1-15-5-4-8-20-22(15)23(26-21-14-29-11-9-16(21)10-12-29)17(13-25-20)24-27-18-6-2-3-7-19(18)28-24/h2-8,13,16,21H,9-12,14H2,1H3,(H,25,26)(H,27,28)/t21-/m1/s1. The van der Waals surface area contributed by atoms with Crippen LogP contribution in [-0.2, 0) is 0 Å². The Balaban J connectivity index is 1.53. The molecule has 5 nitrogen and oxygen atoms in total. The normalized spacial score (nSPS) is 23.7. The lowest BCUT2D eigenvalue weighted by atomic mass is 9.83. The van der Waals surface area contributed by atoms with Crippen molar-refractivity contribution in [1.29, 1.82) is 0 Å². The molecular formula is C24H25N5. The fraction of sp³-hybridized carbons (Fsp3) is 0.333. The van der Waals surface area contributed by atoms with E-state index in [1.807, 2.05) is 18.3 Å². The predicted molar refractivity (Wildman–Crippen MR) is 118 cm³/mol. The monoisotopic (exact) mass is 383 g/mol. The highest BCUT2D eigenvalue weighted by Gasteiger charge is 2.34. The quantitative estimate of drug-likeness (QED) is 0.543. The van der Waals surface area contributed by atoms with Crippen molar-refractivity contribution in [2.45, 2.75) is 25.8 Å². The van der Waals surface area contributed by atoms with Gasteiger partial charge in [-0.2, -0.15) is 0 Å². The number of para-hydroxylation sites is 2. The van der Waals surface area contributed by atoms with Gasteiger partial charge in [0.25, 0.3) is 0 Å². The maximum Gasteiger partial charge on any atom is 0.142 e. The van der Waals surface area contributed by atoms with Gasteiger partial charge in [0.2, 0.25) is 0 Å². The third-order valence-corrected chi connectivity index (χ3v) is 6.73. The second-order valence-electron chi connectivity index (χ2n) is 8.51. The van der Waals surface area contributed by atoms with Crippen LogP contribution in [0.1, 0.15) is 18.4 Å². The van der Waals surface area contributed by atoms with Gasteiger partial charge in [-0.15, -0.1) is 0 Å². The molecule has 3 fully saturated rings. The molecule has 4 aromatic rings. The highest BCUT2D eigenvalue weighted by atomic mass is 15.2. The molecule has 146 valence electrons. The van der Waals surface area contributed by atoms with Crippen LogP contribution in [0.15, 0.2) is 48.7 Å². The van der Waals surface area contributed by atoms with Crippen LogP contribution in [0.2, 0.25) is 0 Å². The van der Waals surface area contributed by atoms with Gasteiger partial charge in [0.1, 0.15) is 5.82 Å². The lowest BCUT2D eigenvalue weighted by molar-refractivity contribution is 0.0976. The average Bonchev–Trinajstić information content (AvgIpc) is 3.19. The number of rotatable bonds is 3. The summed E-state index contributed by atoms with van der Waals surface area (Å²) in [4.78, 5) is 15.8. The summed E-state index contributed by atoms with van der Waals surface area (Å²) in [5.41, 5.74) is 6.55. The molecule has 2 aromatic heterocycles. The fourth-order valence-corrected chi connectivity index (χ4v) is 5.14. The van der Waals surface area contributed by atoms with E-state index in [4.69, 9.17) is 9.97 Å². The van der Waals surface area contributed by atoms with Crippen molar-refractivity contribution in [1.82, 2.24) is 19.9 Å². The molecule has 0 unspecified atom stereocenters. The first-order valence-corrected chi connectivity index (χ1v) is 10.6. The molecule has 5 heteroatoms. The number of aromatic amines is 1. The smallest absolute Gasteiger partial charge is 0.142 e. The number of imidazole rings is 1. The maximum absolute atomic E-state index is 4.88. The number of H-pyrrole nitrogens is 1. The molecule has 5 heterocycles. The SMILES string of the molecule is Cc1cccc2ncc(-c3nc4ccccc4[nH]3)c(N[C@@H]3CN4CCC3CC4)c12. The van der Waals surface area contributed by atoms with E-state index in [0.717, 1.165) is 40.4 Å². The van der Waals surface area contributed by atoms with E-state index in [9.17, 15) is 0 Å². The first-order chi connectivity index (χ1) is 14.3. The Labute approximate surface area is 170 Å². The molecule has 0 amide bonds. The fourth-order valence-electron chi connectivity index (χ4n) is 5.14. The van der Waals surface area contributed by atoms with Crippen molar-refractivity contribution in [3.8, 4) is 11.4 Å². The van der Waals surface area contributed by atoms with Gasteiger partial charge < -0.3 is 15.2 Å². The summed E-state index contributed by atoms with van der Waals surface area (Å²) in [6.07, 6.45) is 4.56. The van der Waals surface area contributed by atoms with Gasteiger partial charge in [0.05, 0.1) is 27.8 Å². The predicted octanol–water partition coefficient (Wildman–Crippen LogP) is 4.59. The number of anilines is 1. The lowest BCUT2D eigenvalue weighted by Gasteiger charge is -2.45. The van der Waals surface area contributed by atoms with E-state index in [2.05, 4.69) is 52.5 Å². The number of hydrogen-bond donors (Lipinski definition) is 2. The lowest BCUT2D eigenvalue weighted by Crippen LogP contribution is -2.53. The molecule has 29 heavy (non-hydrogen) atoms. The molecule has 0 spiro atoms. The summed E-state index contributed by atoms with van der Waals surface area (Å²) >= 11 is 0. The minimum atomic E-state index is 0.478. The van der Waals surface area contributed by atoms with Crippen LogP contribution in [0.3, 0.4) is 0 Å². The summed E-state index contributed by atoms with van der Waals surface area (Å²) in [5.74, 6) is 1.63. The summed E-state index contributed by atoms with van der Waals surface area (Å²) in [6, 6.07) is 15.0. The molecular weight excluding hydrogens is 358 g/mol. The molecule has 2 aromatic carbocycles. The second-order valence-corrected chi connectivity index (χ2v) is 8.51. The number of benzene rings is 2. The Kier molecular flexibility index (Phi) is 3.84.